The van der Waals surface area contributed by atoms with E-state index in [0.717, 1.165) is 27.7 Å². The number of fused-ring (bicyclic) bond motifs is 2. The second kappa shape index (κ2) is 8.56. The SMILES string of the molecule is COCCOc1cc(-c2ccc3nnn(Cc4ccc5[nH]c(=O)ccc5c4)c3n2)ccn1. The number of aromatic nitrogens is 6. The fraction of sp³-hybridized carbons (Fsp3) is 0.174. The molecule has 0 fully saturated rings. The molecule has 1 N–H and O–H groups in total. The van der Waals surface area contributed by atoms with Crippen LogP contribution < -0.4 is 10.3 Å². The maximum atomic E-state index is 11.5. The Kier molecular flexibility index (Phi) is 5.30. The lowest BCUT2D eigenvalue weighted by atomic mass is 10.1. The van der Waals surface area contributed by atoms with Crippen molar-refractivity contribution in [3.8, 4) is 17.1 Å². The summed E-state index contributed by atoms with van der Waals surface area (Å²) in [5, 5.41) is 9.48. The summed E-state index contributed by atoms with van der Waals surface area (Å²) in [4.78, 5) is 23.4. The number of nitrogens with zero attached hydrogens (tertiary/aromatic N) is 5. The zero-order valence-electron chi connectivity index (χ0n) is 17.4. The standard InChI is InChI=1S/C23H20N6O3/c1-31-10-11-32-22-13-17(8-9-24-22)19-5-6-20-23(26-19)29(28-27-20)14-15-2-4-18-16(12-15)3-7-21(30)25-18/h2-9,12-13H,10-11,14H2,1H3,(H,25,30). The summed E-state index contributed by atoms with van der Waals surface area (Å²) >= 11 is 0. The molecule has 0 aliphatic heterocycles. The average molecular weight is 428 g/mol. The molecule has 0 bridgehead atoms. The van der Waals surface area contributed by atoms with Gasteiger partial charge in [0, 0.05) is 36.5 Å². The van der Waals surface area contributed by atoms with Gasteiger partial charge < -0.3 is 14.5 Å². The second-order valence-corrected chi connectivity index (χ2v) is 7.25. The third-order valence-electron chi connectivity index (χ3n) is 5.05. The molecule has 9 heteroatoms. The molecular weight excluding hydrogens is 408 g/mol. The van der Waals surface area contributed by atoms with Crippen LogP contribution in [0, 0.1) is 0 Å². The summed E-state index contributed by atoms with van der Waals surface area (Å²) < 4.78 is 12.4. The molecular formula is C23H20N6O3. The predicted octanol–water partition coefficient (Wildman–Crippen LogP) is 2.80. The molecule has 0 saturated carbocycles. The van der Waals surface area contributed by atoms with E-state index in [1.807, 2.05) is 48.5 Å². The maximum absolute atomic E-state index is 11.5. The van der Waals surface area contributed by atoms with Gasteiger partial charge in [-0.05, 0) is 47.3 Å². The van der Waals surface area contributed by atoms with Crippen LogP contribution in [0.1, 0.15) is 5.56 Å². The van der Waals surface area contributed by atoms with E-state index in [9.17, 15) is 4.79 Å². The van der Waals surface area contributed by atoms with E-state index in [1.165, 1.54) is 6.07 Å². The van der Waals surface area contributed by atoms with E-state index in [4.69, 9.17) is 14.5 Å². The molecule has 0 atom stereocenters. The molecule has 0 aliphatic carbocycles. The zero-order valence-corrected chi connectivity index (χ0v) is 17.4. The van der Waals surface area contributed by atoms with Crippen molar-refractivity contribution < 1.29 is 9.47 Å². The summed E-state index contributed by atoms with van der Waals surface area (Å²) in [7, 11) is 1.63. The van der Waals surface area contributed by atoms with E-state index >= 15 is 0 Å². The molecule has 0 amide bonds. The molecule has 4 aromatic heterocycles. The van der Waals surface area contributed by atoms with E-state index in [1.54, 1.807) is 18.0 Å². The Hall–Kier alpha value is -4.11. The lowest BCUT2D eigenvalue weighted by Gasteiger charge is -2.07. The van der Waals surface area contributed by atoms with Gasteiger partial charge in [-0.15, -0.1) is 5.10 Å². The van der Waals surface area contributed by atoms with Crippen molar-refractivity contribution in [1.82, 2.24) is 29.9 Å². The van der Waals surface area contributed by atoms with Gasteiger partial charge in [0.05, 0.1) is 18.8 Å². The van der Waals surface area contributed by atoms with Crippen molar-refractivity contribution in [1.29, 1.82) is 0 Å². The van der Waals surface area contributed by atoms with Crippen molar-refractivity contribution in [2.24, 2.45) is 0 Å². The first kappa shape index (κ1) is 19.8. The van der Waals surface area contributed by atoms with Crippen molar-refractivity contribution in [2.45, 2.75) is 6.54 Å². The minimum Gasteiger partial charge on any atom is -0.475 e. The van der Waals surface area contributed by atoms with E-state index in [2.05, 4.69) is 20.3 Å². The van der Waals surface area contributed by atoms with E-state index < -0.39 is 0 Å². The quantitative estimate of drug-likeness (QED) is 0.397. The molecule has 0 aliphatic rings. The molecule has 1 aromatic carbocycles. The van der Waals surface area contributed by atoms with Gasteiger partial charge in [-0.2, -0.15) is 0 Å². The Morgan fingerprint density at radius 1 is 1.03 bits per heavy atom. The third-order valence-corrected chi connectivity index (χ3v) is 5.05. The minimum absolute atomic E-state index is 0.118. The van der Waals surface area contributed by atoms with Crippen LogP contribution in [0.25, 0.3) is 33.3 Å². The van der Waals surface area contributed by atoms with Crippen LogP contribution in [0.15, 0.2) is 65.6 Å². The molecule has 5 aromatic rings. The van der Waals surface area contributed by atoms with Gasteiger partial charge in [0.25, 0.3) is 0 Å². The Bertz CT molecular complexity index is 1460. The van der Waals surface area contributed by atoms with Crippen LogP contribution in [-0.4, -0.2) is 50.3 Å². The van der Waals surface area contributed by atoms with Gasteiger partial charge in [-0.25, -0.2) is 14.6 Å². The summed E-state index contributed by atoms with van der Waals surface area (Å²) in [6, 6.07) is 16.7. The lowest BCUT2D eigenvalue weighted by Crippen LogP contribution is -2.05. The first-order valence-corrected chi connectivity index (χ1v) is 10.1. The number of hydrogen-bond donors (Lipinski definition) is 1. The van der Waals surface area contributed by atoms with Gasteiger partial charge >= 0.3 is 0 Å². The molecule has 9 nitrogen and oxygen atoms in total. The highest BCUT2D eigenvalue weighted by atomic mass is 16.5. The molecule has 0 saturated heterocycles. The van der Waals surface area contributed by atoms with Gasteiger partial charge in [-0.3, -0.25) is 4.79 Å². The highest BCUT2D eigenvalue weighted by Gasteiger charge is 2.11. The first-order valence-electron chi connectivity index (χ1n) is 10.1. The van der Waals surface area contributed by atoms with Crippen molar-refractivity contribution in [3.05, 3.63) is 76.7 Å². The van der Waals surface area contributed by atoms with Crippen LogP contribution in [0.5, 0.6) is 5.88 Å². The Balaban J connectivity index is 1.45. The fourth-order valence-electron chi connectivity index (χ4n) is 3.47. The van der Waals surface area contributed by atoms with Crippen molar-refractivity contribution >= 4 is 22.1 Å². The molecule has 160 valence electrons. The summed E-state index contributed by atoms with van der Waals surface area (Å²) in [5.74, 6) is 0.516. The van der Waals surface area contributed by atoms with Gasteiger partial charge in [0.1, 0.15) is 12.1 Å². The molecule has 0 radical (unpaired) electrons. The summed E-state index contributed by atoms with van der Waals surface area (Å²) in [6.07, 6.45) is 1.69. The number of hydrogen-bond acceptors (Lipinski definition) is 7. The zero-order chi connectivity index (χ0) is 21.9. The Labute approximate surface area is 182 Å². The number of benzene rings is 1. The second-order valence-electron chi connectivity index (χ2n) is 7.25. The lowest BCUT2D eigenvalue weighted by molar-refractivity contribution is 0.144. The third kappa shape index (κ3) is 4.06. The van der Waals surface area contributed by atoms with Gasteiger partial charge in [0.2, 0.25) is 11.4 Å². The molecule has 32 heavy (non-hydrogen) atoms. The van der Waals surface area contributed by atoms with Crippen LogP contribution in [0.2, 0.25) is 0 Å². The number of ether oxygens (including phenoxy) is 2. The van der Waals surface area contributed by atoms with Crippen molar-refractivity contribution in [2.75, 3.05) is 20.3 Å². The number of H-pyrrole nitrogens is 1. The maximum Gasteiger partial charge on any atom is 0.248 e. The Morgan fingerprint density at radius 2 is 1.97 bits per heavy atom. The van der Waals surface area contributed by atoms with Gasteiger partial charge in [-0.1, -0.05) is 11.3 Å². The normalized spacial score (nSPS) is 11.3. The molecule has 0 unspecified atom stereocenters. The topological polar surface area (TPSA) is 108 Å². The number of aromatic amines is 1. The minimum atomic E-state index is -0.118. The first-order chi connectivity index (χ1) is 15.7. The van der Waals surface area contributed by atoms with Crippen LogP contribution in [0.4, 0.5) is 0 Å². The summed E-state index contributed by atoms with van der Waals surface area (Å²) in [6.45, 7) is 1.42. The largest absolute Gasteiger partial charge is 0.475 e. The highest BCUT2D eigenvalue weighted by molar-refractivity contribution is 5.79. The molecule has 4 heterocycles. The van der Waals surface area contributed by atoms with Crippen LogP contribution in [0.3, 0.4) is 0 Å². The van der Waals surface area contributed by atoms with Crippen LogP contribution in [-0.2, 0) is 11.3 Å². The monoisotopic (exact) mass is 428 g/mol. The van der Waals surface area contributed by atoms with Crippen LogP contribution >= 0.6 is 0 Å². The average Bonchev–Trinajstić information content (AvgIpc) is 3.21. The number of pyridine rings is 3. The van der Waals surface area contributed by atoms with E-state index in [-0.39, 0.29) is 5.56 Å². The number of nitrogens with one attached hydrogen (secondary N) is 1. The summed E-state index contributed by atoms with van der Waals surface area (Å²) in [5.41, 5.74) is 4.76. The molecule has 0 spiro atoms. The smallest absolute Gasteiger partial charge is 0.248 e. The molecule has 5 rings (SSSR count). The number of rotatable bonds is 7. The highest BCUT2D eigenvalue weighted by Crippen LogP contribution is 2.23. The Morgan fingerprint density at radius 3 is 2.88 bits per heavy atom. The van der Waals surface area contributed by atoms with Gasteiger partial charge in [0.15, 0.2) is 5.65 Å². The number of methoxy groups -OCH3 is 1. The predicted molar refractivity (Wildman–Crippen MR) is 120 cm³/mol. The van der Waals surface area contributed by atoms with E-state index in [0.29, 0.717) is 36.8 Å². The van der Waals surface area contributed by atoms with Crippen molar-refractivity contribution in [3.63, 3.8) is 0 Å². The fourth-order valence-corrected chi connectivity index (χ4v) is 3.47.